The number of amides is 2. The number of hydrogen-bond donors (Lipinski definition) is 1. The molecule has 0 aliphatic carbocycles. The van der Waals surface area contributed by atoms with Crippen molar-refractivity contribution in [2.45, 2.75) is 12.8 Å². The van der Waals surface area contributed by atoms with Crippen LogP contribution in [0.5, 0.6) is 0 Å². The summed E-state index contributed by atoms with van der Waals surface area (Å²) in [6.07, 6.45) is 2.23. The van der Waals surface area contributed by atoms with Crippen molar-refractivity contribution in [2.24, 2.45) is 5.10 Å². The van der Waals surface area contributed by atoms with Gasteiger partial charge < -0.3 is 5.32 Å². The number of hydrogen-bond acceptors (Lipinski definition) is 4. The first kappa shape index (κ1) is 12.7. The summed E-state index contributed by atoms with van der Waals surface area (Å²) in [7, 11) is 1.53. The number of nitrogens with one attached hydrogen (secondary N) is 1. The summed E-state index contributed by atoms with van der Waals surface area (Å²) in [6.45, 7) is 0. The Morgan fingerprint density at radius 3 is 2.94 bits per heavy atom. The van der Waals surface area contributed by atoms with Crippen molar-refractivity contribution in [3.05, 3.63) is 22.8 Å². The van der Waals surface area contributed by atoms with Gasteiger partial charge in [0.25, 0.3) is 5.91 Å². The molecule has 0 spiro atoms. The summed E-state index contributed by atoms with van der Waals surface area (Å²) >= 11 is 3.29. The second kappa shape index (κ2) is 5.26. The summed E-state index contributed by atoms with van der Waals surface area (Å²) in [5.74, 6) is 0.00377. The lowest BCUT2D eigenvalue weighted by Crippen LogP contribution is -2.34. The molecule has 2 heterocycles. The molecule has 1 aliphatic heterocycles. The van der Waals surface area contributed by atoms with Crippen molar-refractivity contribution < 1.29 is 9.59 Å². The first-order chi connectivity index (χ1) is 8.58. The fraction of sp³-hybridized carbons (Fsp3) is 0.273. The van der Waals surface area contributed by atoms with Crippen LogP contribution in [0.15, 0.2) is 27.9 Å². The van der Waals surface area contributed by atoms with Gasteiger partial charge in [-0.25, -0.2) is 9.99 Å². The quantitative estimate of drug-likeness (QED) is 0.897. The largest absolute Gasteiger partial charge is 0.305 e. The topological polar surface area (TPSA) is 74.7 Å². The number of halogens is 1. The van der Waals surface area contributed by atoms with Crippen LogP contribution in [0.1, 0.15) is 12.8 Å². The molecule has 0 radical (unpaired) electrons. The van der Waals surface area contributed by atoms with E-state index in [0.29, 0.717) is 28.8 Å². The first-order valence-corrected chi connectivity index (χ1v) is 6.13. The van der Waals surface area contributed by atoms with Crippen LogP contribution in [0.4, 0.5) is 5.82 Å². The lowest BCUT2D eigenvalue weighted by Gasteiger charge is -2.18. The van der Waals surface area contributed by atoms with Gasteiger partial charge in [-0.3, -0.25) is 9.59 Å². The molecular weight excluding hydrogens is 300 g/mol. The summed E-state index contributed by atoms with van der Waals surface area (Å²) < 4.78 is 0.694. The number of aromatic nitrogens is 1. The molecule has 2 amide bonds. The van der Waals surface area contributed by atoms with Gasteiger partial charge in [0.2, 0.25) is 5.91 Å². The molecule has 0 fully saturated rings. The molecule has 2 rings (SSSR count). The summed E-state index contributed by atoms with van der Waals surface area (Å²) in [6, 6.07) is 3.53. The summed E-state index contributed by atoms with van der Waals surface area (Å²) in [5.41, 5.74) is 0.328. The van der Waals surface area contributed by atoms with E-state index < -0.39 is 0 Å². The monoisotopic (exact) mass is 310 g/mol. The smallest absolute Gasteiger partial charge is 0.273 e. The first-order valence-electron chi connectivity index (χ1n) is 5.34. The lowest BCUT2D eigenvalue weighted by atomic mass is 10.1. The zero-order chi connectivity index (χ0) is 13.1. The van der Waals surface area contributed by atoms with Crippen molar-refractivity contribution >= 4 is 39.3 Å². The van der Waals surface area contributed by atoms with Gasteiger partial charge in [0, 0.05) is 26.1 Å². The minimum absolute atomic E-state index is 0.0921. The zero-order valence-corrected chi connectivity index (χ0v) is 11.3. The van der Waals surface area contributed by atoms with Crippen LogP contribution in [-0.2, 0) is 9.59 Å². The number of nitrogens with zero attached hydrogens (tertiary/aromatic N) is 3. The SMILES string of the molecule is CN1N=C(C(=O)Nc2ncccc2Br)CCC1=O. The number of anilines is 1. The van der Waals surface area contributed by atoms with E-state index in [2.05, 4.69) is 31.3 Å². The van der Waals surface area contributed by atoms with E-state index in [9.17, 15) is 9.59 Å². The van der Waals surface area contributed by atoms with Gasteiger partial charge in [-0.15, -0.1) is 0 Å². The maximum atomic E-state index is 11.9. The average molecular weight is 311 g/mol. The van der Waals surface area contributed by atoms with E-state index in [1.807, 2.05) is 0 Å². The molecule has 6 nitrogen and oxygen atoms in total. The Morgan fingerprint density at radius 2 is 2.28 bits per heavy atom. The second-order valence-corrected chi connectivity index (χ2v) is 4.61. The van der Waals surface area contributed by atoms with Gasteiger partial charge in [-0.05, 0) is 28.1 Å². The molecule has 18 heavy (non-hydrogen) atoms. The Morgan fingerprint density at radius 1 is 1.50 bits per heavy atom. The highest BCUT2D eigenvalue weighted by atomic mass is 79.9. The van der Waals surface area contributed by atoms with Crippen LogP contribution >= 0.6 is 15.9 Å². The van der Waals surface area contributed by atoms with Gasteiger partial charge in [0.15, 0.2) is 0 Å². The molecule has 0 saturated carbocycles. The molecule has 0 atom stereocenters. The van der Waals surface area contributed by atoms with Gasteiger partial charge in [0.05, 0.1) is 4.47 Å². The molecule has 94 valence electrons. The maximum absolute atomic E-state index is 11.9. The standard InChI is InChI=1S/C11H11BrN4O2/c1-16-9(17)5-4-8(15-16)11(18)14-10-7(12)3-2-6-13-10/h2-3,6H,4-5H2,1H3,(H,13,14,18). The van der Waals surface area contributed by atoms with Crippen molar-refractivity contribution in [3.63, 3.8) is 0 Å². The van der Waals surface area contributed by atoms with Gasteiger partial charge in [0.1, 0.15) is 11.5 Å². The third-order valence-corrected chi connectivity index (χ3v) is 3.10. The van der Waals surface area contributed by atoms with Crippen LogP contribution in [0, 0.1) is 0 Å². The molecule has 1 N–H and O–H groups in total. The Kier molecular flexibility index (Phi) is 3.71. The number of carbonyl (C=O) groups excluding carboxylic acids is 2. The third-order valence-electron chi connectivity index (χ3n) is 2.46. The van der Waals surface area contributed by atoms with Crippen LogP contribution in [0.3, 0.4) is 0 Å². The predicted octanol–water partition coefficient (Wildman–Crippen LogP) is 1.39. The highest BCUT2D eigenvalue weighted by Gasteiger charge is 2.22. The Labute approximate surface area is 112 Å². The van der Waals surface area contributed by atoms with Gasteiger partial charge in [-0.1, -0.05) is 0 Å². The molecule has 1 aromatic rings. The van der Waals surface area contributed by atoms with E-state index in [0.717, 1.165) is 0 Å². The highest BCUT2D eigenvalue weighted by molar-refractivity contribution is 9.10. The lowest BCUT2D eigenvalue weighted by molar-refractivity contribution is -0.130. The average Bonchev–Trinajstić information content (AvgIpc) is 2.35. The maximum Gasteiger partial charge on any atom is 0.273 e. The Bertz CT molecular complexity index is 530. The molecule has 7 heteroatoms. The van der Waals surface area contributed by atoms with E-state index >= 15 is 0 Å². The molecule has 0 aromatic carbocycles. The molecule has 0 saturated heterocycles. The zero-order valence-electron chi connectivity index (χ0n) is 9.68. The van der Waals surface area contributed by atoms with E-state index in [1.165, 1.54) is 12.1 Å². The third kappa shape index (κ3) is 2.73. The highest BCUT2D eigenvalue weighted by Crippen LogP contribution is 2.18. The van der Waals surface area contributed by atoms with E-state index in [-0.39, 0.29) is 11.8 Å². The summed E-state index contributed by atoms with van der Waals surface area (Å²) in [5, 5.41) is 7.77. The molecule has 1 aromatic heterocycles. The molecule has 0 unspecified atom stereocenters. The molecular formula is C11H11BrN4O2. The minimum atomic E-state index is -0.339. The predicted molar refractivity (Wildman–Crippen MR) is 70.0 cm³/mol. The number of rotatable bonds is 2. The fourth-order valence-corrected chi connectivity index (χ4v) is 1.84. The van der Waals surface area contributed by atoms with Crippen LogP contribution in [-0.4, -0.2) is 34.6 Å². The van der Waals surface area contributed by atoms with Crippen molar-refractivity contribution in [1.29, 1.82) is 0 Å². The normalized spacial score (nSPS) is 15.3. The molecule has 1 aliphatic rings. The van der Waals surface area contributed by atoms with E-state index in [4.69, 9.17) is 0 Å². The van der Waals surface area contributed by atoms with Crippen LogP contribution in [0.25, 0.3) is 0 Å². The van der Waals surface area contributed by atoms with Crippen LogP contribution < -0.4 is 5.32 Å². The van der Waals surface area contributed by atoms with Crippen molar-refractivity contribution in [1.82, 2.24) is 9.99 Å². The molecule has 0 bridgehead atoms. The van der Waals surface area contributed by atoms with E-state index in [1.54, 1.807) is 18.3 Å². The fourth-order valence-electron chi connectivity index (χ4n) is 1.49. The van der Waals surface area contributed by atoms with Gasteiger partial charge in [-0.2, -0.15) is 5.10 Å². The number of carbonyl (C=O) groups is 2. The van der Waals surface area contributed by atoms with Gasteiger partial charge >= 0.3 is 0 Å². The van der Waals surface area contributed by atoms with Crippen LogP contribution in [0.2, 0.25) is 0 Å². The van der Waals surface area contributed by atoms with Crippen molar-refractivity contribution in [3.8, 4) is 0 Å². The van der Waals surface area contributed by atoms with Crippen molar-refractivity contribution in [2.75, 3.05) is 12.4 Å². The Hall–Kier alpha value is -1.76. The Balaban J connectivity index is 2.12. The minimum Gasteiger partial charge on any atom is -0.305 e. The number of hydrazone groups is 1. The second-order valence-electron chi connectivity index (χ2n) is 3.75. The summed E-state index contributed by atoms with van der Waals surface area (Å²) in [4.78, 5) is 27.2. The number of pyridine rings is 1.